The summed E-state index contributed by atoms with van der Waals surface area (Å²) in [5.74, 6) is -1.80. The normalized spacial score (nSPS) is 10.4. The van der Waals surface area contributed by atoms with E-state index in [2.05, 4.69) is 15.6 Å². The molecule has 142 valence electrons. The highest BCUT2D eigenvalue weighted by molar-refractivity contribution is 5.99. The zero-order valence-electron chi connectivity index (χ0n) is 14.8. The van der Waals surface area contributed by atoms with Gasteiger partial charge >= 0.3 is 0 Å². The first-order valence-electron chi connectivity index (χ1n) is 8.53. The van der Waals surface area contributed by atoms with E-state index in [0.29, 0.717) is 11.1 Å². The predicted molar refractivity (Wildman–Crippen MR) is 99.4 cm³/mol. The molecule has 1 aromatic heterocycles. The lowest BCUT2D eigenvalue weighted by Gasteiger charge is -2.08. The van der Waals surface area contributed by atoms with Gasteiger partial charge in [0.2, 0.25) is 0 Å². The third-order valence-electron chi connectivity index (χ3n) is 4.06. The lowest BCUT2D eigenvalue weighted by Crippen LogP contribution is -2.26. The summed E-state index contributed by atoms with van der Waals surface area (Å²) in [5, 5.41) is 5.17. The summed E-state index contributed by atoms with van der Waals surface area (Å²) < 4.78 is 27.2. The zero-order valence-corrected chi connectivity index (χ0v) is 14.8. The number of nitrogens with zero attached hydrogens (tertiary/aromatic N) is 1. The smallest absolute Gasteiger partial charge is 0.253 e. The molecule has 2 amide bonds. The Balaban J connectivity index is 1.62. The van der Waals surface area contributed by atoms with E-state index in [0.717, 1.165) is 0 Å². The molecule has 7 heteroatoms. The zero-order chi connectivity index (χ0) is 19.9. The van der Waals surface area contributed by atoms with Crippen molar-refractivity contribution in [3.05, 3.63) is 101 Å². The van der Waals surface area contributed by atoms with Crippen molar-refractivity contribution in [1.82, 2.24) is 15.6 Å². The molecule has 0 unspecified atom stereocenters. The average Bonchev–Trinajstić information content (AvgIpc) is 2.72. The minimum Gasteiger partial charge on any atom is -0.348 e. The highest BCUT2D eigenvalue weighted by Gasteiger charge is 2.12. The van der Waals surface area contributed by atoms with E-state index in [1.807, 2.05) is 0 Å². The molecular formula is C21H17F2N3O2. The number of carbonyl (C=O) groups is 2. The molecule has 2 aromatic carbocycles. The van der Waals surface area contributed by atoms with Crippen molar-refractivity contribution < 1.29 is 18.4 Å². The van der Waals surface area contributed by atoms with Gasteiger partial charge in [0.15, 0.2) is 0 Å². The number of rotatable bonds is 6. The van der Waals surface area contributed by atoms with Crippen molar-refractivity contribution in [2.75, 3.05) is 0 Å². The Morgan fingerprint density at radius 2 is 1.18 bits per heavy atom. The molecule has 0 radical (unpaired) electrons. The summed E-state index contributed by atoms with van der Waals surface area (Å²) in [6.45, 7) is 0.0183. The van der Waals surface area contributed by atoms with Crippen molar-refractivity contribution in [3.63, 3.8) is 0 Å². The Hall–Kier alpha value is -3.61. The van der Waals surface area contributed by atoms with Crippen LogP contribution in [0.4, 0.5) is 8.78 Å². The van der Waals surface area contributed by atoms with E-state index in [-0.39, 0.29) is 24.2 Å². The first kappa shape index (κ1) is 19.2. The molecule has 0 saturated carbocycles. The van der Waals surface area contributed by atoms with Gasteiger partial charge in [-0.05, 0) is 18.2 Å². The molecule has 3 rings (SSSR count). The van der Waals surface area contributed by atoms with E-state index in [1.54, 1.807) is 36.4 Å². The van der Waals surface area contributed by atoms with Crippen LogP contribution in [-0.4, -0.2) is 16.8 Å². The summed E-state index contributed by atoms with van der Waals surface area (Å²) >= 11 is 0. The van der Waals surface area contributed by atoms with Crippen molar-refractivity contribution in [1.29, 1.82) is 0 Å². The molecule has 0 bridgehead atoms. The van der Waals surface area contributed by atoms with Crippen LogP contribution in [0, 0.1) is 11.6 Å². The topological polar surface area (TPSA) is 71.1 Å². The SMILES string of the molecule is O=C(NCc1ccccc1F)c1cncc(C(=O)NCc2ccccc2F)c1. The number of aromatic nitrogens is 1. The van der Waals surface area contributed by atoms with Crippen LogP contribution in [0.1, 0.15) is 31.8 Å². The van der Waals surface area contributed by atoms with E-state index in [9.17, 15) is 18.4 Å². The summed E-state index contributed by atoms with van der Waals surface area (Å²) in [6.07, 6.45) is 2.62. The summed E-state index contributed by atoms with van der Waals surface area (Å²) in [5.41, 5.74) is 1.02. The number of benzene rings is 2. The van der Waals surface area contributed by atoms with Crippen LogP contribution >= 0.6 is 0 Å². The van der Waals surface area contributed by atoms with Gasteiger partial charge in [0.25, 0.3) is 11.8 Å². The van der Waals surface area contributed by atoms with Gasteiger partial charge in [0.05, 0.1) is 11.1 Å². The lowest BCUT2D eigenvalue weighted by atomic mass is 10.1. The van der Waals surface area contributed by atoms with Gasteiger partial charge in [0, 0.05) is 36.6 Å². The molecule has 2 N–H and O–H groups in total. The molecule has 0 fully saturated rings. The minimum atomic E-state index is -0.487. The Labute approximate surface area is 160 Å². The van der Waals surface area contributed by atoms with E-state index in [4.69, 9.17) is 0 Å². The minimum absolute atomic E-state index is 0.00914. The molecule has 3 aromatic rings. The number of hydrogen-bond acceptors (Lipinski definition) is 3. The summed E-state index contributed by atoms with van der Waals surface area (Å²) in [6, 6.07) is 13.6. The van der Waals surface area contributed by atoms with Gasteiger partial charge in [-0.2, -0.15) is 0 Å². The summed E-state index contributed by atoms with van der Waals surface area (Å²) in [4.78, 5) is 28.4. The van der Waals surface area contributed by atoms with Gasteiger partial charge in [-0.25, -0.2) is 8.78 Å². The van der Waals surface area contributed by atoms with E-state index in [1.165, 1.54) is 30.6 Å². The molecule has 28 heavy (non-hydrogen) atoms. The Morgan fingerprint density at radius 3 is 1.61 bits per heavy atom. The second kappa shape index (κ2) is 8.85. The van der Waals surface area contributed by atoms with Crippen LogP contribution < -0.4 is 10.6 Å². The highest BCUT2D eigenvalue weighted by atomic mass is 19.1. The Kier molecular flexibility index (Phi) is 6.06. The van der Waals surface area contributed by atoms with Crippen LogP contribution in [0.3, 0.4) is 0 Å². The quantitative estimate of drug-likeness (QED) is 0.689. The predicted octanol–water partition coefficient (Wildman–Crippen LogP) is 3.22. The van der Waals surface area contributed by atoms with E-state index >= 15 is 0 Å². The van der Waals surface area contributed by atoms with Gasteiger partial charge in [-0.1, -0.05) is 36.4 Å². The number of amides is 2. The second-order valence-corrected chi connectivity index (χ2v) is 6.01. The van der Waals surface area contributed by atoms with Crippen LogP contribution in [0.5, 0.6) is 0 Å². The lowest BCUT2D eigenvalue weighted by molar-refractivity contribution is 0.0950. The fourth-order valence-corrected chi connectivity index (χ4v) is 2.53. The molecule has 1 heterocycles. The maximum Gasteiger partial charge on any atom is 0.253 e. The standard InChI is InChI=1S/C21H17F2N3O2/c22-18-7-3-1-5-14(18)12-25-20(27)16-9-17(11-24-10-16)21(28)26-13-15-6-2-4-8-19(15)23/h1-11H,12-13H2,(H,25,27)(H,26,28). The van der Waals surface area contributed by atoms with Crippen LogP contribution in [0.25, 0.3) is 0 Å². The molecule has 0 aliphatic carbocycles. The van der Waals surface area contributed by atoms with Gasteiger partial charge in [0.1, 0.15) is 11.6 Å². The Morgan fingerprint density at radius 1 is 0.750 bits per heavy atom. The van der Waals surface area contributed by atoms with Crippen LogP contribution in [0.15, 0.2) is 67.0 Å². The van der Waals surface area contributed by atoms with Crippen molar-refractivity contribution >= 4 is 11.8 Å². The third kappa shape index (κ3) is 4.76. The van der Waals surface area contributed by atoms with Gasteiger partial charge in [-0.15, -0.1) is 0 Å². The second-order valence-electron chi connectivity index (χ2n) is 6.01. The molecule has 5 nitrogen and oxygen atoms in total. The molecule has 0 aliphatic heterocycles. The first-order chi connectivity index (χ1) is 13.5. The van der Waals surface area contributed by atoms with Gasteiger partial charge < -0.3 is 10.6 Å². The molecule has 0 spiro atoms. The largest absolute Gasteiger partial charge is 0.348 e. The van der Waals surface area contributed by atoms with Crippen LogP contribution in [-0.2, 0) is 13.1 Å². The molecule has 0 saturated heterocycles. The monoisotopic (exact) mass is 381 g/mol. The maximum absolute atomic E-state index is 13.6. The van der Waals surface area contributed by atoms with Crippen molar-refractivity contribution in [2.45, 2.75) is 13.1 Å². The fraction of sp³-hybridized carbons (Fsp3) is 0.0952. The third-order valence-corrected chi connectivity index (χ3v) is 4.06. The molecular weight excluding hydrogens is 364 g/mol. The fourth-order valence-electron chi connectivity index (χ4n) is 2.53. The summed E-state index contributed by atoms with van der Waals surface area (Å²) in [7, 11) is 0. The number of halogens is 2. The average molecular weight is 381 g/mol. The Bertz CT molecular complexity index is 931. The maximum atomic E-state index is 13.6. The number of pyridine rings is 1. The molecule has 0 atom stereocenters. The number of nitrogens with one attached hydrogen (secondary N) is 2. The highest BCUT2D eigenvalue weighted by Crippen LogP contribution is 2.09. The van der Waals surface area contributed by atoms with E-state index < -0.39 is 23.4 Å². The molecule has 0 aliphatic rings. The van der Waals surface area contributed by atoms with Crippen LogP contribution in [0.2, 0.25) is 0 Å². The number of carbonyl (C=O) groups excluding carboxylic acids is 2. The van der Waals surface area contributed by atoms with Crippen molar-refractivity contribution in [3.8, 4) is 0 Å². The first-order valence-corrected chi connectivity index (χ1v) is 8.53. The van der Waals surface area contributed by atoms with Crippen molar-refractivity contribution in [2.24, 2.45) is 0 Å². The van der Waals surface area contributed by atoms with Gasteiger partial charge in [-0.3, -0.25) is 14.6 Å². The number of hydrogen-bond donors (Lipinski definition) is 2.